The second-order valence-electron chi connectivity index (χ2n) is 3.11. The van der Waals surface area contributed by atoms with E-state index in [4.69, 9.17) is 23.2 Å². The fourth-order valence-electron chi connectivity index (χ4n) is 1.04. The Bertz CT molecular complexity index is 353. The number of rotatable bonds is 4. The van der Waals surface area contributed by atoms with Gasteiger partial charge in [-0.3, -0.25) is 4.79 Å². The van der Waals surface area contributed by atoms with Crippen LogP contribution in [0.5, 0.6) is 0 Å². The Hall–Kier alpha value is -0.180. The van der Waals surface area contributed by atoms with Gasteiger partial charge in [0.15, 0.2) is 0 Å². The fraction of sp³-hybridized carbons (Fsp3) is 0.462. The van der Waals surface area contributed by atoms with Crippen LogP contribution in [-0.2, 0) is 0 Å². The average Bonchev–Trinajstić information content (AvgIpc) is 2.31. The molecule has 0 saturated carbocycles. The van der Waals surface area contributed by atoms with E-state index in [2.05, 4.69) is 6.92 Å². The van der Waals surface area contributed by atoms with Gasteiger partial charge in [-0.25, -0.2) is 0 Å². The van der Waals surface area contributed by atoms with E-state index in [-0.39, 0.29) is 5.12 Å². The number of hydrogen-bond acceptors (Lipinski definition) is 2. The number of thioether (sulfide) groups is 1. The zero-order chi connectivity index (χ0) is 13.3. The minimum Gasteiger partial charge on any atom is -0.282 e. The molecule has 0 fully saturated rings. The Morgan fingerprint density at radius 2 is 1.94 bits per heavy atom. The van der Waals surface area contributed by atoms with Crippen LogP contribution in [-0.4, -0.2) is 10.9 Å². The molecule has 1 nitrogen and oxygen atoms in total. The van der Waals surface area contributed by atoms with Gasteiger partial charge in [-0.2, -0.15) is 0 Å². The predicted molar refractivity (Wildman–Crippen MR) is 79.5 cm³/mol. The van der Waals surface area contributed by atoms with E-state index >= 15 is 0 Å². The van der Waals surface area contributed by atoms with Crippen LogP contribution in [0.25, 0.3) is 0 Å². The normalized spacial score (nSPS) is 9.47. The summed E-state index contributed by atoms with van der Waals surface area (Å²) in [6.07, 6.45) is 2.14. The number of hydrogen-bond donors (Lipinski definition) is 0. The molecule has 0 saturated heterocycles. The number of carbonyl (C=O) groups excluding carboxylic acids is 1. The van der Waals surface area contributed by atoms with Crippen LogP contribution in [0.15, 0.2) is 18.2 Å². The van der Waals surface area contributed by atoms with Crippen LogP contribution in [0.1, 0.15) is 44.0 Å². The van der Waals surface area contributed by atoms with Crippen molar-refractivity contribution in [2.75, 3.05) is 5.75 Å². The predicted octanol–water partition coefficient (Wildman–Crippen LogP) is 5.69. The molecule has 1 rings (SSSR count). The van der Waals surface area contributed by atoms with Crippen molar-refractivity contribution in [2.24, 2.45) is 0 Å². The highest BCUT2D eigenvalue weighted by Crippen LogP contribution is 2.25. The van der Waals surface area contributed by atoms with Gasteiger partial charge < -0.3 is 0 Å². The molecule has 0 N–H and O–H groups in total. The van der Waals surface area contributed by atoms with Crippen molar-refractivity contribution in [2.45, 2.75) is 33.6 Å². The van der Waals surface area contributed by atoms with Gasteiger partial charge in [0, 0.05) is 16.3 Å². The average molecular weight is 293 g/mol. The van der Waals surface area contributed by atoms with Crippen molar-refractivity contribution < 1.29 is 4.79 Å². The summed E-state index contributed by atoms with van der Waals surface area (Å²) >= 11 is 13.0. The number of unbranched alkanes of at least 4 members (excludes halogenated alkanes) is 1. The lowest BCUT2D eigenvalue weighted by atomic mass is 10.2. The topological polar surface area (TPSA) is 17.1 Å². The zero-order valence-corrected chi connectivity index (χ0v) is 12.8. The molecule has 0 amide bonds. The molecular formula is C13H18Cl2OS. The number of benzene rings is 1. The molecule has 1 aromatic rings. The van der Waals surface area contributed by atoms with E-state index in [1.165, 1.54) is 11.8 Å². The SMILES string of the molecule is CC.CCCCSC(=O)c1ccc(Cl)cc1Cl. The molecule has 0 aliphatic carbocycles. The molecular weight excluding hydrogens is 275 g/mol. The molecule has 0 aliphatic rings. The molecule has 0 radical (unpaired) electrons. The van der Waals surface area contributed by atoms with Crippen molar-refractivity contribution in [1.29, 1.82) is 0 Å². The van der Waals surface area contributed by atoms with Gasteiger partial charge in [0.05, 0.1) is 5.02 Å². The second kappa shape index (κ2) is 9.81. The summed E-state index contributed by atoms with van der Waals surface area (Å²) < 4.78 is 0. The largest absolute Gasteiger partial charge is 0.282 e. The lowest BCUT2D eigenvalue weighted by molar-refractivity contribution is 0.108. The number of halogens is 2. The molecule has 4 heteroatoms. The van der Waals surface area contributed by atoms with E-state index < -0.39 is 0 Å². The van der Waals surface area contributed by atoms with Crippen LogP contribution in [0.4, 0.5) is 0 Å². The van der Waals surface area contributed by atoms with Gasteiger partial charge in [0.25, 0.3) is 0 Å². The highest BCUT2D eigenvalue weighted by Gasteiger charge is 2.10. The summed E-state index contributed by atoms with van der Waals surface area (Å²) in [4.78, 5) is 11.7. The monoisotopic (exact) mass is 292 g/mol. The summed E-state index contributed by atoms with van der Waals surface area (Å²) in [5.74, 6) is 0.842. The standard InChI is InChI=1S/C11H12Cl2OS.C2H6/c1-2-3-6-15-11(14)9-5-4-8(12)7-10(9)13;1-2/h4-5,7H,2-3,6H2,1H3;1-2H3. The maximum atomic E-state index is 11.7. The maximum Gasteiger partial charge on any atom is 0.220 e. The van der Waals surface area contributed by atoms with E-state index in [1.54, 1.807) is 18.2 Å². The van der Waals surface area contributed by atoms with E-state index in [0.29, 0.717) is 15.6 Å². The first-order chi connectivity index (χ1) is 8.15. The third-order valence-corrected chi connectivity index (χ3v) is 3.40. The van der Waals surface area contributed by atoms with Crippen molar-refractivity contribution in [1.82, 2.24) is 0 Å². The molecule has 1 aromatic carbocycles. The molecule has 0 atom stereocenters. The third-order valence-electron chi connectivity index (χ3n) is 1.88. The second-order valence-corrected chi connectivity index (χ2v) is 5.02. The molecule has 17 heavy (non-hydrogen) atoms. The smallest absolute Gasteiger partial charge is 0.220 e. The van der Waals surface area contributed by atoms with Crippen molar-refractivity contribution in [3.63, 3.8) is 0 Å². The molecule has 0 heterocycles. The first kappa shape index (κ1) is 16.8. The van der Waals surface area contributed by atoms with Crippen molar-refractivity contribution in [3.8, 4) is 0 Å². The summed E-state index contributed by atoms with van der Waals surface area (Å²) in [7, 11) is 0. The molecule has 0 aliphatic heterocycles. The molecule has 0 spiro atoms. The Kier molecular flexibility index (Phi) is 9.71. The maximum absolute atomic E-state index is 11.7. The zero-order valence-electron chi connectivity index (χ0n) is 10.4. The van der Waals surface area contributed by atoms with E-state index in [9.17, 15) is 4.79 Å². The summed E-state index contributed by atoms with van der Waals surface area (Å²) in [5.41, 5.74) is 0.544. The van der Waals surface area contributed by atoms with Gasteiger partial charge in [-0.15, -0.1) is 0 Å². The lowest BCUT2D eigenvalue weighted by Crippen LogP contribution is -1.96. The minimum absolute atomic E-state index is 0.0186. The first-order valence-electron chi connectivity index (χ1n) is 5.77. The van der Waals surface area contributed by atoms with Gasteiger partial charge in [0.1, 0.15) is 0 Å². The van der Waals surface area contributed by atoms with E-state index in [1.807, 2.05) is 13.8 Å². The van der Waals surface area contributed by atoms with E-state index in [0.717, 1.165) is 18.6 Å². The third kappa shape index (κ3) is 6.35. The Morgan fingerprint density at radius 3 is 2.47 bits per heavy atom. The molecule has 0 unspecified atom stereocenters. The van der Waals surface area contributed by atoms with Crippen LogP contribution in [0.3, 0.4) is 0 Å². The Balaban J connectivity index is 0.00000121. The van der Waals surface area contributed by atoms with Crippen molar-refractivity contribution in [3.05, 3.63) is 33.8 Å². The number of carbonyl (C=O) groups is 1. The highest BCUT2D eigenvalue weighted by atomic mass is 35.5. The lowest BCUT2D eigenvalue weighted by Gasteiger charge is -2.02. The highest BCUT2D eigenvalue weighted by molar-refractivity contribution is 8.14. The first-order valence-corrected chi connectivity index (χ1v) is 7.51. The Morgan fingerprint density at radius 1 is 1.29 bits per heavy atom. The molecule has 0 aromatic heterocycles. The summed E-state index contributed by atoms with van der Waals surface area (Å²) in [5, 5.41) is 0.997. The van der Waals surface area contributed by atoms with Crippen LogP contribution < -0.4 is 0 Å². The van der Waals surface area contributed by atoms with Crippen LogP contribution >= 0.6 is 35.0 Å². The van der Waals surface area contributed by atoms with Gasteiger partial charge in [-0.05, 0) is 24.6 Å². The fourth-order valence-corrected chi connectivity index (χ4v) is 2.54. The quantitative estimate of drug-likeness (QED) is 0.663. The van der Waals surface area contributed by atoms with Crippen LogP contribution in [0, 0.1) is 0 Å². The van der Waals surface area contributed by atoms with Crippen LogP contribution in [0.2, 0.25) is 10.0 Å². The molecule has 96 valence electrons. The van der Waals surface area contributed by atoms with Gasteiger partial charge in [-0.1, -0.05) is 62.2 Å². The van der Waals surface area contributed by atoms with Crippen molar-refractivity contribution >= 4 is 40.1 Å². The molecule has 0 bridgehead atoms. The summed E-state index contributed by atoms with van der Waals surface area (Å²) in [6.45, 7) is 6.10. The minimum atomic E-state index is 0.0186. The Labute approximate surface area is 118 Å². The summed E-state index contributed by atoms with van der Waals surface area (Å²) in [6, 6.07) is 4.95. The van der Waals surface area contributed by atoms with Gasteiger partial charge in [0.2, 0.25) is 5.12 Å². The van der Waals surface area contributed by atoms with Gasteiger partial charge >= 0.3 is 0 Å².